The average Bonchev–Trinajstić information content (AvgIpc) is 3.02. The van der Waals surface area contributed by atoms with E-state index >= 15 is 0 Å². The smallest absolute Gasteiger partial charge is 0.247 e. The third kappa shape index (κ3) is 2.79. The van der Waals surface area contributed by atoms with Crippen molar-refractivity contribution >= 4 is 23.3 Å². The van der Waals surface area contributed by atoms with E-state index in [9.17, 15) is 4.79 Å². The van der Waals surface area contributed by atoms with Gasteiger partial charge in [-0.15, -0.1) is 11.3 Å². The van der Waals surface area contributed by atoms with Crippen LogP contribution in [0.4, 0.5) is 0 Å². The third-order valence-electron chi connectivity index (χ3n) is 4.10. The molecule has 1 aromatic heterocycles. The molecule has 4 heteroatoms. The van der Waals surface area contributed by atoms with Crippen LogP contribution >= 0.6 is 11.3 Å². The van der Waals surface area contributed by atoms with Crippen molar-refractivity contribution in [3.63, 3.8) is 0 Å². The summed E-state index contributed by atoms with van der Waals surface area (Å²) in [5.74, 6) is 0.827. The van der Waals surface area contributed by atoms with Crippen molar-refractivity contribution in [2.24, 2.45) is 0 Å². The van der Waals surface area contributed by atoms with E-state index < -0.39 is 0 Å². The fourth-order valence-electron chi connectivity index (χ4n) is 2.87. The van der Waals surface area contributed by atoms with E-state index in [2.05, 4.69) is 18.4 Å². The molecule has 0 unspecified atom stereocenters. The second kappa shape index (κ2) is 6.36. The lowest BCUT2D eigenvalue weighted by Gasteiger charge is -2.32. The highest BCUT2D eigenvalue weighted by atomic mass is 32.1. The minimum absolute atomic E-state index is 0.0512. The van der Waals surface area contributed by atoms with Crippen LogP contribution in [0.5, 0.6) is 5.75 Å². The molecule has 0 fully saturated rings. The fourth-order valence-corrected chi connectivity index (χ4v) is 3.83. The molecule has 0 saturated carbocycles. The molecule has 0 saturated heterocycles. The van der Waals surface area contributed by atoms with Crippen molar-refractivity contribution < 1.29 is 9.53 Å². The Bertz CT molecular complexity index is 705. The van der Waals surface area contributed by atoms with Gasteiger partial charge in [-0.2, -0.15) is 0 Å². The molecule has 3 nitrogen and oxygen atoms in total. The van der Waals surface area contributed by atoms with Gasteiger partial charge in [0.05, 0.1) is 13.2 Å². The second-order valence-corrected chi connectivity index (χ2v) is 6.33. The van der Waals surface area contributed by atoms with Crippen LogP contribution in [0.15, 0.2) is 41.8 Å². The van der Waals surface area contributed by atoms with Crippen molar-refractivity contribution in [2.45, 2.75) is 19.4 Å². The summed E-state index contributed by atoms with van der Waals surface area (Å²) in [7, 11) is 1.64. The minimum atomic E-state index is 0.0512. The number of amides is 1. The Morgan fingerprint density at radius 1 is 1.36 bits per heavy atom. The van der Waals surface area contributed by atoms with Crippen LogP contribution in [0, 0.1) is 0 Å². The number of carbonyl (C=O) groups excluding carboxylic acids is 1. The summed E-state index contributed by atoms with van der Waals surface area (Å²) in [6.07, 6.45) is 4.42. The molecule has 2 heterocycles. The van der Waals surface area contributed by atoms with E-state index in [1.54, 1.807) is 24.5 Å². The van der Waals surface area contributed by atoms with Gasteiger partial charge in [0.1, 0.15) is 5.75 Å². The van der Waals surface area contributed by atoms with Crippen LogP contribution < -0.4 is 4.74 Å². The quantitative estimate of drug-likeness (QED) is 0.804. The monoisotopic (exact) mass is 313 g/mol. The first-order valence-electron chi connectivity index (χ1n) is 7.38. The van der Waals surface area contributed by atoms with Crippen LogP contribution in [0.3, 0.4) is 0 Å². The number of ether oxygens (including phenoxy) is 1. The number of fused-ring (bicyclic) bond motifs is 1. The molecule has 2 aromatic rings. The van der Waals surface area contributed by atoms with Gasteiger partial charge in [-0.25, -0.2) is 0 Å². The third-order valence-corrected chi connectivity index (χ3v) is 5.10. The molecular weight excluding hydrogens is 294 g/mol. The van der Waals surface area contributed by atoms with Crippen LogP contribution in [-0.4, -0.2) is 24.5 Å². The Kier molecular flexibility index (Phi) is 4.29. The van der Waals surface area contributed by atoms with E-state index in [1.807, 2.05) is 35.2 Å². The number of hydrogen-bond donors (Lipinski definition) is 0. The number of rotatable bonds is 3. The highest BCUT2D eigenvalue weighted by molar-refractivity contribution is 7.10. The summed E-state index contributed by atoms with van der Waals surface area (Å²) in [6, 6.07) is 9.97. The van der Waals surface area contributed by atoms with E-state index in [0.717, 1.165) is 24.3 Å². The number of hydrogen-bond acceptors (Lipinski definition) is 3. The fraction of sp³-hybridized carbons (Fsp3) is 0.278. The molecule has 114 valence electrons. The molecule has 1 atom stereocenters. The summed E-state index contributed by atoms with van der Waals surface area (Å²) in [6.45, 7) is 2.88. The molecule has 0 bridgehead atoms. The van der Waals surface area contributed by atoms with Crippen LogP contribution in [0.2, 0.25) is 0 Å². The molecule has 1 aromatic carbocycles. The Morgan fingerprint density at radius 3 is 3.00 bits per heavy atom. The number of thiophene rings is 1. The largest absolute Gasteiger partial charge is 0.496 e. The highest BCUT2D eigenvalue weighted by Crippen LogP contribution is 2.33. The van der Waals surface area contributed by atoms with Gasteiger partial charge in [-0.05, 0) is 42.5 Å². The number of methoxy groups -OCH3 is 1. The number of carbonyl (C=O) groups is 1. The highest BCUT2D eigenvalue weighted by Gasteiger charge is 2.26. The zero-order valence-corrected chi connectivity index (χ0v) is 13.6. The molecule has 0 radical (unpaired) electrons. The molecule has 1 aliphatic heterocycles. The van der Waals surface area contributed by atoms with Crippen molar-refractivity contribution in [1.29, 1.82) is 0 Å². The van der Waals surface area contributed by atoms with Crippen molar-refractivity contribution in [2.75, 3.05) is 13.7 Å². The van der Waals surface area contributed by atoms with Gasteiger partial charge in [0.25, 0.3) is 0 Å². The summed E-state index contributed by atoms with van der Waals surface area (Å²) < 4.78 is 5.31. The maximum Gasteiger partial charge on any atom is 0.247 e. The molecule has 1 amide bonds. The van der Waals surface area contributed by atoms with Crippen molar-refractivity contribution in [3.05, 3.63) is 57.8 Å². The Hall–Kier alpha value is -2.07. The van der Waals surface area contributed by atoms with Crippen LogP contribution in [-0.2, 0) is 11.2 Å². The van der Waals surface area contributed by atoms with Gasteiger partial charge in [-0.3, -0.25) is 4.79 Å². The Morgan fingerprint density at radius 2 is 2.18 bits per heavy atom. The summed E-state index contributed by atoms with van der Waals surface area (Å²) in [5, 5.41) is 2.11. The second-order valence-electron chi connectivity index (χ2n) is 5.33. The summed E-state index contributed by atoms with van der Waals surface area (Å²) >= 11 is 1.79. The van der Waals surface area contributed by atoms with Crippen LogP contribution in [0.25, 0.3) is 6.08 Å². The minimum Gasteiger partial charge on any atom is -0.496 e. The van der Waals surface area contributed by atoms with Gasteiger partial charge in [0.2, 0.25) is 5.91 Å². The van der Waals surface area contributed by atoms with E-state index in [0.29, 0.717) is 0 Å². The lowest BCUT2D eigenvalue weighted by molar-refractivity contribution is -0.128. The van der Waals surface area contributed by atoms with Gasteiger partial charge in [0, 0.05) is 23.1 Å². The normalized spacial score (nSPS) is 17.5. The van der Waals surface area contributed by atoms with E-state index in [1.165, 1.54) is 10.4 Å². The molecule has 0 spiro atoms. The lowest BCUT2D eigenvalue weighted by Crippen LogP contribution is -2.37. The van der Waals surface area contributed by atoms with Crippen molar-refractivity contribution in [1.82, 2.24) is 4.90 Å². The number of benzene rings is 1. The molecule has 1 aliphatic rings. The van der Waals surface area contributed by atoms with Gasteiger partial charge in [0.15, 0.2) is 0 Å². The summed E-state index contributed by atoms with van der Waals surface area (Å²) in [4.78, 5) is 15.9. The number of para-hydroxylation sites is 1. The zero-order chi connectivity index (χ0) is 15.5. The van der Waals surface area contributed by atoms with Gasteiger partial charge >= 0.3 is 0 Å². The Balaban J connectivity index is 1.76. The predicted molar refractivity (Wildman–Crippen MR) is 90.2 cm³/mol. The Labute approximate surface area is 134 Å². The first kappa shape index (κ1) is 14.9. The predicted octanol–water partition coefficient (Wildman–Crippen LogP) is 3.92. The van der Waals surface area contributed by atoms with E-state index in [-0.39, 0.29) is 11.9 Å². The first-order chi connectivity index (χ1) is 10.7. The number of nitrogens with zero attached hydrogens (tertiary/aromatic N) is 1. The SMILES string of the molecule is COc1ccccc1/C=C/C(=O)N1CCc2sccc2[C@@H]1C. The molecular formula is C18H19NO2S. The lowest BCUT2D eigenvalue weighted by atomic mass is 10.0. The van der Waals surface area contributed by atoms with Crippen molar-refractivity contribution in [3.8, 4) is 5.75 Å². The standard InChI is InChI=1S/C18H19NO2S/c1-13-15-10-12-22-17(15)9-11-19(13)18(20)8-7-14-5-3-4-6-16(14)21-2/h3-8,10,12-13H,9,11H2,1-2H3/b8-7+/t13-/m0/s1. The van der Waals surface area contributed by atoms with E-state index in [4.69, 9.17) is 4.74 Å². The first-order valence-corrected chi connectivity index (χ1v) is 8.26. The zero-order valence-electron chi connectivity index (χ0n) is 12.8. The maximum absolute atomic E-state index is 12.5. The molecule has 0 N–H and O–H groups in total. The van der Waals surface area contributed by atoms with Crippen LogP contribution in [0.1, 0.15) is 29.0 Å². The molecule has 0 aliphatic carbocycles. The topological polar surface area (TPSA) is 29.5 Å². The maximum atomic E-state index is 12.5. The van der Waals surface area contributed by atoms with Gasteiger partial charge in [-0.1, -0.05) is 18.2 Å². The van der Waals surface area contributed by atoms with Gasteiger partial charge < -0.3 is 9.64 Å². The average molecular weight is 313 g/mol. The molecule has 3 rings (SSSR count). The summed E-state index contributed by atoms with van der Waals surface area (Å²) in [5.41, 5.74) is 2.20. The molecule has 22 heavy (non-hydrogen) atoms.